The average molecular weight is 336 g/mol. The van der Waals surface area contributed by atoms with Crippen molar-refractivity contribution in [1.82, 2.24) is 0 Å². The number of carbonyl (C=O) groups excluding carboxylic acids is 1. The van der Waals surface area contributed by atoms with Crippen molar-refractivity contribution in [3.05, 3.63) is 24.3 Å². The van der Waals surface area contributed by atoms with Crippen LogP contribution in [0.25, 0.3) is 0 Å². The molecule has 136 valence electrons. The van der Waals surface area contributed by atoms with Crippen LogP contribution in [0.5, 0.6) is 0 Å². The number of carbonyl (C=O) groups is 2. The van der Waals surface area contributed by atoms with Gasteiger partial charge in [-0.1, -0.05) is 50.8 Å². The highest BCUT2D eigenvalue weighted by Crippen LogP contribution is 2.29. The van der Waals surface area contributed by atoms with Crippen LogP contribution in [0.2, 0.25) is 0 Å². The molecule has 0 aromatic rings. The zero-order chi connectivity index (χ0) is 17.8. The molecule has 0 amide bonds. The van der Waals surface area contributed by atoms with E-state index in [4.69, 9.17) is 5.11 Å². The number of aliphatic hydroxyl groups is 1. The summed E-state index contributed by atoms with van der Waals surface area (Å²) < 4.78 is 0. The Morgan fingerprint density at radius 2 is 2.00 bits per heavy atom. The molecule has 0 aromatic heterocycles. The summed E-state index contributed by atoms with van der Waals surface area (Å²) in [7, 11) is 0. The smallest absolute Gasteiger partial charge is 0.303 e. The number of aliphatic hydroxyl groups excluding tert-OH is 1. The molecule has 3 atom stereocenters. The van der Waals surface area contributed by atoms with Gasteiger partial charge < -0.3 is 10.2 Å². The summed E-state index contributed by atoms with van der Waals surface area (Å²) in [6.07, 6.45) is 15.8. The third kappa shape index (κ3) is 8.44. The van der Waals surface area contributed by atoms with Crippen LogP contribution in [0.4, 0.5) is 0 Å². The molecule has 24 heavy (non-hydrogen) atoms. The molecule has 1 aliphatic rings. The summed E-state index contributed by atoms with van der Waals surface area (Å²) in [5, 5.41) is 18.3. The fourth-order valence-corrected chi connectivity index (χ4v) is 3.20. The van der Waals surface area contributed by atoms with Crippen LogP contribution < -0.4 is 0 Å². The Kier molecular flexibility index (Phi) is 10.3. The Balaban J connectivity index is 2.25. The molecule has 0 bridgehead atoms. The van der Waals surface area contributed by atoms with E-state index in [1.807, 2.05) is 6.08 Å². The van der Waals surface area contributed by atoms with Gasteiger partial charge in [-0.15, -0.1) is 0 Å². The zero-order valence-corrected chi connectivity index (χ0v) is 14.8. The van der Waals surface area contributed by atoms with Crippen molar-refractivity contribution < 1.29 is 19.8 Å². The zero-order valence-electron chi connectivity index (χ0n) is 14.8. The van der Waals surface area contributed by atoms with E-state index in [1.54, 1.807) is 6.08 Å². The second-order valence-corrected chi connectivity index (χ2v) is 6.74. The normalized spacial score (nSPS) is 21.7. The van der Waals surface area contributed by atoms with E-state index >= 15 is 0 Å². The lowest BCUT2D eigenvalue weighted by Gasteiger charge is -2.15. The first-order chi connectivity index (χ1) is 11.5. The molecule has 0 saturated heterocycles. The predicted octanol–water partition coefficient (Wildman–Crippen LogP) is 4.28. The summed E-state index contributed by atoms with van der Waals surface area (Å²) in [5.74, 6) is -0.304. The minimum Gasteiger partial charge on any atom is -0.481 e. The van der Waals surface area contributed by atoms with E-state index in [1.165, 1.54) is 0 Å². The van der Waals surface area contributed by atoms with Crippen LogP contribution in [0.15, 0.2) is 24.3 Å². The van der Waals surface area contributed by atoms with Crippen LogP contribution >= 0.6 is 0 Å². The van der Waals surface area contributed by atoms with Crippen LogP contribution in [0.1, 0.15) is 71.1 Å². The maximum absolute atomic E-state index is 12.0. The highest BCUT2D eigenvalue weighted by molar-refractivity contribution is 5.94. The van der Waals surface area contributed by atoms with Gasteiger partial charge in [0.05, 0.1) is 6.10 Å². The lowest BCUT2D eigenvalue weighted by atomic mass is 9.88. The number of allylic oxidation sites excluding steroid dienone is 4. The van der Waals surface area contributed by atoms with Crippen molar-refractivity contribution in [3.63, 3.8) is 0 Å². The maximum atomic E-state index is 12.0. The standard InChI is InChI=1S/C20H32O4/c1-2-9-17(21)11-8-7-10-16-14-15-19(22)18(16)12-5-3-4-6-13-20(23)24/h7,10,14-18,21H,2-6,8-9,11-13H2,1H3,(H,23,24)/b10-7+/t16-,17?,18+/m0/s1. The molecule has 1 rings (SSSR count). The third-order valence-electron chi connectivity index (χ3n) is 4.62. The van der Waals surface area contributed by atoms with E-state index in [9.17, 15) is 14.7 Å². The summed E-state index contributed by atoms with van der Waals surface area (Å²) in [4.78, 5) is 22.4. The number of carboxylic acid groups (broad SMARTS) is 1. The fraction of sp³-hybridized carbons (Fsp3) is 0.700. The van der Waals surface area contributed by atoms with Crippen molar-refractivity contribution in [2.24, 2.45) is 11.8 Å². The second kappa shape index (κ2) is 12.0. The highest BCUT2D eigenvalue weighted by atomic mass is 16.4. The third-order valence-corrected chi connectivity index (χ3v) is 4.62. The van der Waals surface area contributed by atoms with Crippen LogP contribution in [-0.4, -0.2) is 28.1 Å². The largest absolute Gasteiger partial charge is 0.481 e. The van der Waals surface area contributed by atoms with Gasteiger partial charge in [-0.2, -0.15) is 0 Å². The second-order valence-electron chi connectivity index (χ2n) is 6.74. The monoisotopic (exact) mass is 336 g/mol. The molecule has 0 fully saturated rings. The van der Waals surface area contributed by atoms with Gasteiger partial charge in [-0.05, 0) is 38.2 Å². The van der Waals surface area contributed by atoms with Gasteiger partial charge in [0.2, 0.25) is 0 Å². The first-order valence-corrected chi connectivity index (χ1v) is 9.33. The molecule has 2 N–H and O–H groups in total. The van der Waals surface area contributed by atoms with E-state index in [0.717, 1.165) is 57.8 Å². The van der Waals surface area contributed by atoms with Crippen molar-refractivity contribution in [2.45, 2.75) is 77.2 Å². The molecule has 1 aliphatic carbocycles. The summed E-state index contributed by atoms with van der Waals surface area (Å²) in [6.45, 7) is 2.07. The Bertz CT molecular complexity index is 439. The van der Waals surface area contributed by atoms with Gasteiger partial charge in [-0.3, -0.25) is 9.59 Å². The Morgan fingerprint density at radius 1 is 1.25 bits per heavy atom. The number of rotatable bonds is 13. The number of carboxylic acids is 1. The average Bonchev–Trinajstić information content (AvgIpc) is 2.88. The minimum atomic E-state index is -0.737. The number of unbranched alkanes of at least 4 members (excludes halogenated alkanes) is 3. The van der Waals surface area contributed by atoms with Crippen molar-refractivity contribution in [3.8, 4) is 0 Å². The van der Waals surface area contributed by atoms with Gasteiger partial charge in [-0.25, -0.2) is 0 Å². The number of hydrogen-bond donors (Lipinski definition) is 2. The molecular weight excluding hydrogens is 304 g/mol. The Labute approximate surface area is 145 Å². The van der Waals surface area contributed by atoms with Gasteiger partial charge >= 0.3 is 5.97 Å². The van der Waals surface area contributed by atoms with Crippen LogP contribution in [0.3, 0.4) is 0 Å². The van der Waals surface area contributed by atoms with Gasteiger partial charge in [0.15, 0.2) is 5.78 Å². The summed E-state index contributed by atoms with van der Waals surface area (Å²) >= 11 is 0. The van der Waals surface area contributed by atoms with Gasteiger partial charge in [0.1, 0.15) is 0 Å². The maximum Gasteiger partial charge on any atom is 0.303 e. The SMILES string of the molecule is CCCC(O)CC/C=C/[C@H]1C=CC(=O)[C@@H]1CCCCCCC(=O)O. The summed E-state index contributed by atoms with van der Waals surface area (Å²) in [5.41, 5.74) is 0. The number of aliphatic carboxylic acids is 1. The molecule has 0 spiro atoms. The van der Waals surface area contributed by atoms with E-state index in [-0.39, 0.29) is 30.1 Å². The first-order valence-electron chi connectivity index (χ1n) is 9.33. The molecule has 0 heterocycles. The first kappa shape index (κ1) is 20.6. The van der Waals surface area contributed by atoms with E-state index in [2.05, 4.69) is 19.1 Å². The van der Waals surface area contributed by atoms with E-state index < -0.39 is 5.97 Å². The van der Waals surface area contributed by atoms with Crippen molar-refractivity contribution in [2.75, 3.05) is 0 Å². The number of hydrogen-bond acceptors (Lipinski definition) is 3. The lowest BCUT2D eigenvalue weighted by molar-refractivity contribution is -0.137. The van der Waals surface area contributed by atoms with Crippen molar-refractivity contribution >= 4 is 11.8 Å². The molecule has 0 saturated carbocycles. The Hall–Kier alpha value is -1.42. The minimum absolute atomic E-state index is 0.0429. The quantitative estimate of drug-likeness (QED) is 0.389. The molecule has 0 aromatic carbocycles. The molecule has 4 nitrogen and oxygen atoms in total. The Morgan fingerprint density at radius 3 is 2.71 bits per heavy atom. The van der Waals surface area contributed by atoms with Crippen LogP contribution in [0, 0.1) is 11.8 Å². The van der Waals surface area contributed by atoms with Gasteiger partial charge in [0, 0.05) is 18.3 Å². The van der Waals surface area contributed by atoms with Crippen molar-refractivity contribution in [1.29, 1.82) is 0 Å². The van der Waals surface area contributed by atoms with Crippen LogP contribution in [-0.2, 0) is 9.59 Å². The highest BCUT2D eigenvalue weighted by Gasteiger charge is 2.27. The molecular formula is C20H32O4. The van der Waals surface area contributed by atoms with Gasteiger partial charge in [0.25, 0.3) is 0 Å². The number of ketones is 1. The molecule has 4 heteroatoms. The van der Waals surface area contributed by atoms with E-state index in [0.29, 0.717) is 0 Å². The topological polar surface area (TPSA) is 74.6 Å². The fourth-order valence-electron chi connectivity index (χ4n) is 3.20. The molecule has 1 unspecified atom stereocenters. The lowest BCUT2D eigenvalue weighted by Crippen LogP contribution is -2.14. The molecule has 0 radical (unpaired) electrons. The molecule has 0 aliphatic heterocycles. The predicted molar refractivity (Wildman–Crippen MR) is 95.8 cm³/mol. The summed E-state index contributed by atoms with van der Waals surface area (Å²) in [6, 6.07) is 0.